The summed E-state index contributed by atoms with van der Waals surface area (Å²) in [4.78, 5) is 14.5. The van der Waals surface area contributed by atoms with E-state index in [1.165, 1.54) is 29.3 Å². The van der Waals surface area contributed by atoms with Crippen molar-refractivity contribution in [2.45, 2.75) is 32.1 Å². The molecule has 4 heteroatoms. The third-order valence-corrected chi connectivity index (χ3v) is 5.51. The van der Waals surface area contributed by atoms with Crippen LogP contribution in [-0.4, -0.2) is 5.78 Å². The van der Waals surface area contributed by atoms with Crippen LogP contribution < -0.4 is 0 Å². The van der Waals surface area contributed by atoms with E-state index in [-0.39, 0.29) is 11.6 Å². The lowest BCUT2D eigenvalue weighted by Gasteiger charge is -2.08. The molecule has 0 bridgehead atoms. The summed E-state index contributed by atoms with van der Waals surface area (Å²) in [6.07, 6.45) is 4.99. The van der Waals surface area contributed by atoms with Gasteiger partial charge in [0.25, 0.3) is 0 Å². The number of carbonyl (C=O) groups excluding carboxylic acids is 1. The largest absolute Gasteiger partial charge is 0.293 e. The van der Waals surface area contributed by atoms with E-state index >= 15 is 0 Å². The quantitative estimate of drug-likeness (QED) is 0.714. The van der Waals surface area contributed by atoms with Gasteiger partial charge < -0.3 is 0 Å². The zero-order valence-electron chi connectivity index (χ0n) is 10.9. The molecule has 2 aromatic rings. The second-order valence-corrected chi connectivity index (χ2v) is 7.11. The fourth-order valence-electron chi connectivity index (χ4n) is 2.55. The molecule has 1 nitrogen and oxygen atoms in total. The Kier molecular flexibility index (Phi) is 4.03. The van der Waals surface area contributed by atoms with Crippen LogP contribution in [0.25, 0.3) is 0 Å². The number of hydrogen-bond donors (Lipinski definition) is 0. The summed E-state index contributed by atoms with van der Waals surface area (Å²) in [6.45, 7) is 0. The molecular formula is C16H14BrFOS. The second-order valence-electron chi connectivity index (χ2n) is 5.11. The maximum atomic E-state index is 13.2. The SMILES string of the molecule is O=C(Cc1ccc(F)c(Br)c1)c1cc2c(s1)CCCC2. The van der Waals surface area contributed by atoms with Gasteiger partial charge in [0, 0.05) is 11.3 Å². The number of ketones is 1. The third kappa shape index (κ3) is 2.86. The van der Waals surface area contributed by atoms with Gasteiger partial charge in [-0.1, -0.05) is 6.07 Å². The first-order valence-corrected chi connectivity index (χ1v) is 8.33. The smallest absolute Gasteiger partial charge is 0.177 e. The van der Waals surface area contributed by atoms with Crippen molar-refractivity contribution in [3.63, 3.8) is 0 Å². The van der Waals surface area contributed by atoms with Crippen LogP contribution in [0.2, 0.25) is 0 Å². The first kappa shape index (κ1) is 14.0. The van der Waals surface area contributed by atoms with Crippen molar-refractivity contribution < 1.29 is 9.18 Å². The monoisotopic (exact) mass is 352 g/mol. The van der Waals surface area contributed by atoms with Gasteiger partial charge in [-0.05, 0) is 70.9 Å². The normalized spacial score (nSPS) is 14.1. The number of thiophene rings is 1. The lowest BCUT2D eigenvalue weighted by Crippen LogP contribution is -2.01. The van der Waals surface area contributed by atoms with E-state index in [1.54, 1.807) is 23.5 Å². The predicted octanol–water partition coefficient (Wildman–Crippen LogP) is 4.95. The standard InChI is InChI=1S/C16H14BrFOS/c17-12-7-10(5-6-13(12)18)8-14(19)16-9-11-3-1-2-4-15(11)20-16/h5-7,9H,1-4,8H2. The van der Waals surface area contributed by atoms with Crippen LogP contribution in [0, 0.1) is 5.82 Å². The maximum absolute atomic E-state index is 13.2. The first-order valence-electron chi connectivity index (χ1n) is 6.72. The van der Waals surface area contributed by atoms with E-state index in [2.05, 4.69) is 22.0 Å². The molecule has 1 aliphatic rings. The molecule has 0 radical (unpaired) electrons. The third-order valence-electron chi connectivity index (χ3n) is 3.62. The van der Waals surface area contributed by atoms with E-state index in [1.807, 2.05) is 0 Å². The lowest BCUT2D eigenvalue weighted by molar-refractivity contribution is 0.0996. The Morgan fingerprint density at radius 3 is 2.80 bits per heavy atom. The summed E-state index contributed by atoms with van der Waals surface area (Å²) in [7, 11) is 0. The van der Waals surface area contributed by atoms with Gasteiger partial charge in [0.15, 0.2) is 5.78 Å². The molecule has 1 aliphatic carbocycles. The average molecular weight is 353 g/mol. The van der Waals surface area contributed by atoms with Crippen LogP contribution in [0.4, 0.5) is 4.39 Å². The number of hydrogen-bond acceptors (Lipinski definition) is 2. The van der Waals surface area contributed by atoms with Crippen molar-refractivity contribution in [3.8, 4) is 0 Å². The van der Waals surface area contributed by atoms with Gasteiger partial charge in [-0.25, -0.2) is 4.39 Å². The highest BCUT2D eigenvalue weighted by Gasteiger charge is 2.17. The summed E-state index contributed by atoms with van der Waals surface area (Å²) >= 11 is 4.79. The van der Waals surface area contributed by atoms with Gasteiger partial charge in [-0.3, -0.25) is 4.79 Å². The molecule has 0 fully saturated rings. The van der Waals surface area contributed by atoms with Crippen LogP contribution in [0.3, 0.4) is 0 Å². The number of aryl methyl sites for hydroxylation is 2. The molecule has 104 valence electrons. The highest BCUT2D eigenvalue weighted by molar-refractivity contribution is 9.10. The minimum atomic E-state index is -0.298. The van der Waals surface area contributed by atoms with Gasteiger partial charge >= 0.3 is 0 Å². The van der Waals surface area contributed by atoms with Crippen LogP contribution in [0.1, 0.15) is 38.5 Å². The molecule has 1 aromatic heterocycles. The topological polar surface area (TPSA) is 17.1 Å². The van der Waals surface area contributed by atoms with Gasteiger partial charge in [0.05, 0.1) is 9.35 Å². The van der Waals surface area contributed by atoms with Gasteiger partial charge in [-0.15, -0.1) is 11.3 Å². The number of carbonyl (C=O) groups is 1. The molecule has 0 saturated carbocycles. The van der Waals surface area contributed by atoms with Gasteiger partial charge in [0.2, 0.25) is 0 Å². The van der Waals surface area contributed by atoms with E-state index in [9.17, 15) is 9.18 Å². The summed E-state index contributed by atoms with van der Waals surface area (Å²) in [5.74, 6) is -0.171. The summed E-state index contributed by atoms with van der Waals surface area (Å²) in [5.41, 5.74) is 2.19. The van der Waals surface area contributed by atoms with Crippen molar-refractivity contribution in [2.24, 2.45) is 0 Å². The summed E-state index contributed by atoms with van der Waals surface area (Å²) in [5, 5.41) is 0. The van der Waals surface area contributed by atoms with Crippen molar-refractivity contribution in [3.05, 3.63) is 55.4 Å². The lowest BCUT2D eigenvalue weighted by atomic mass is 9.98. The average Bonchev–Trinajstić information content (AvgIpc) is 2.87. The maximum Gasteiger partial charge on any atom is 0.177 e. The van der Waals surface area contributed by atoms with E-state index in [4.69, 9.17) is 0 Å². The molecule has 0 saturated heterocycles. The summed E-state index contributed by atoms with van der Waals surface area (Å²) in [6, 6.07) is 6.80. The van der Waals surface area contributed by atoms with Crippen LogP contribution in [0.15, 0.2) is 28.7 Å². The second kappa shape index (κ2) is 5.78. The molecule has 0 spiro atoms. The minimum Gasteiger partial charge on any atom is -0.293 e. The Bertz CT molecular complexity index is 639. The molecule has 0 N–H and O–H groups in total. The highest BCUT2D eigenvalue weighted by atomic mass is 79.9. The molecular weight excluding hydrogens is 339 g/mol. The molecule has 0 aliphatic heterocycles. The number of halogens is 2. The Morgan fingerprint density at radius 2 is 2.05 bits per heavy atom. The molecule has 20 heavy (non-hydrogen) atoms. The van der Waals surface area contributed by atoms with Gasteiger partial charge in [-0.2, -0.15) is 0 Å². The molecule has 0 unspecified atom stereocenters. The van der Waals surface area contributed by atoms with E-state index in [0.29, 0.717) is 10.9 Å². The van der Waals surface area contributed by atoms with Crippen molar-refractivity contribution in [2.75, 3.05) is 0 Å². The Hall–Kier alpha value is -1.00. The van der Waals surface area contributed by atoms with Crippen LogP contribution in [0.5, 0.6) is 0 Å². The van der Waals surface area contributed by atoms with E-state index < -0.39 is 0 Å². The highest BCUT2D eigenvalue weighted by Crippen LogP contribution is 2.30. The van der Waals surface area contributed by atoms with Gasteiger partial charge in [0.1, 0.15) is 5.82 Å². The molecule has 1 heterocycles. The Morgan fingerprint density at radius 1 is 1.25 bits per heavy atom. The molecule has 0 atom stereocenters. The number of fused-ring (bicyclic) bond motifs is 1. The molecule has 1 aromatic carbocycles. The summed E-state index contributed by atoms with van der Waals surface area (Å²) < 4.78 is 13.6. The van der Waals surface area contributed by atoms with Crippen LogP contribution >= 0.6 is 27.3 Å². The van der Waals surface area contributed by atoms with Crippen molar-refractivity contribution >= 4 is 33.0 Å². The number of Topliss-reactive ketones (excluding diaryl/α,β-unsaturated/α-hetero) is 1. The molecule has 3 rings (SSSR count). The fourth-order valence-corrected chi connectivity index (χ4v) is 4.17. The molecule has 0 amide bonds. The number of rotatable bonds is 3. The Balaban J connectivity index is 1.78. The zero-order valence-corrected chi connectivity index (χ0v) is 13.3. The predicted molar refractivity (Wildman–Crippen MR) is 83.1 cm³/mol. The Labute approximate surface area is 130 Å². The first-order chi connectivity index (χ1) is 9.63. The van der Waals surface area contributed by atoms with Crippen LogP contribution in [-0.2, 0) is 19.3 Å². The van der Waals surface area contributed by atoms with E-state index in [0.717, 1.165) is 23.3 Å². The zero-order chi connectivity index (χ0) is 14.1. The number of benzene rings is 1. The fraction of sp³-hybridized carbons (Fsp3) is 0.312. The minimum absolute atomic E-state index is 0.128. The van der Waals surface area contributed by atoms with Crippen molar-refractivity contribution in [1.82, 2.24) is 0 Å². The van der Waals surface area contributed by atoms with Crippen molar-refractivity contribution in [1.29, 1.82) is 0 Å².